The molecule has 0 aromatic carbocycles. The number of hydrogen-bond donors (Lipinski definition) is 2. The SMILES string of the molecule is CCC(O)C(O)/C=C/C=C/C=C\C/C=C\C/C=C\C/C=C\CCC(C)=O. The number of aliphatic hydroxyl groups excluding tert-OH is 2. The normalized spacial score (nSPS) is 15.5. The number of carbonyl (C=O) groups excluding carboxylic acids is 1. The second-order valence-corrected chi connectivity index (χ2v) is 6.03. The molecule has 0 bridgehead atoms. The fraction of sp³-hybridized carbons (Fsp3) is 0.435. The second-order valence-electron chi connectivity index (χ2n) is 6.03. The molecule has 2 N–H and O–H groups in total. The molecule has 0 aliphatic heterocycles. The van der Waals surface area contributed by atoms with Gasteiger partial charge in [-0.05, 0) is 39.0 Å². The zero-order valence-corrected chi connectivity index (χ0v) is 16.1. The highest BCUT2D eigenvalue weighted by Gasteiger charge is 2.08. The number of carbonyl (C=O) groups is 1. The first-order chi connectivity index (χ1) is 12.6. The van der Waals surface area contributed by atoms with Crippen molar-refractivity contribution in [3.8, 4) is 0 Å². The Kier molecular flexibility index (Phi) is 16.5. The standard InChI is InChI=1S/C23H34O3/c1-3-22(25)23(26)20-18-16-14-12-10-8-6-4-5-7-9-11-13-15-17-19-21(2)24/h4,6-7,9-10,12-16,18,20,22-23,25-26H,3,5,8,11,17,19H2,1-2H3/b6-4-,9-7-,12-10-,15-13-,16-14+,20-18+. The van der Waals surface area contributed by atoms with E-state index in [9.17, 15) is 15.0 Å². The molecule has 0 aromatic heterocycles. The van der Waals surface area contributed by atoms with Crippen LogP contribution in [-0.4, -0.2) is 28.2 Å². The van der Waals surface area contributed by atoms with Gasteiger partial charge in [-0.3, -0.25) is 0 Å². The molecule has 0 saturated carbocycles. The molecule has 3 heteroatoms. The molecule has 0 aliphatic carbocycles. The Morgan fingerprint density at radius 2 is 1.35 bits per heavy atom. The number of Topliss-reactive ketones (excluding diaryl/α,β-unsaturated/α-hetero) is 1. The molecule has 0 radical (unpaired) electrons. The van der Waals surface area contributed by atoms with Gasteiger partial charge in [-0.1, -0.05) is 79.8 Å². The summed E-state index contributed by atoms with van der Waals surface area (Å²) >= 11 is 0. The van der Waals surface area contributed by atoms with Crippen LogP contribution in [0.2, 0.25) is 0 Å². The maximum absolute atomic E-state index is 10.8. The van der Waals surface area contributed by atoms with Gasteiger partial charge in [-0.2, -0.15) is 0 Å². The summed E-state index contributed by atoms with van der Waals surface area (Å²) in [7, 11) is 0. The van der Waals surface area contributed by atoms with Gasteiger partial charge in [0.15, 0.2) is 0 Å². The van der Waals surface area contributed by atoms with Crippen molar-refractivity contribution < 1.29 is 15.0 Å². The first-order valence-electron chi connectivity index (χ1n) is 9.38. The van der Waals surface area contributed by atoms with Crippen LogP contribution in [-0.2, 0) is 4.79 Å². The molecule has 26 heavy (non-hydrogen) atoms. The summed E-state index contributed by atoms with van der Waals surface area (Å²) in [5.41, 5.74) is 0. The van der Waals surface area contributed by atoms with Crippen LogP contribution in [0.3, 0.4) is 0 Å². The van der Waals surface area contributed by atoms with E-state index < -0.39 is 12.2 Å². The largest absolute Gasteiger partial charge is 0.390 e. The quantitative estimate of drug-likeness (QED) is 0.339. The molecule has 3 nitrogen and oxygen atoms in total. The van der Waals surface area contributed by atoms with Gasteiger partial charge in [-0.25, -0.2) is 0 Å². The number of aliphatic hydroxyl groups is 2. The zero-order valence-electron chi connectivity index (χ0n) is 16.1. The van der Waals surface area contributed by atoms with Crippen molar-refractivity contribution in [2.24, 2.45) is 0 Å². The Balaban J connectivity index is 3.72. The molecule has 2 unspecified atom stereocenters. The summed E-state index contributed by atoms with van der Waals surface area (Å²) in [6.45, 7) is 3.45. The molecular weight excluding hydrogens is 324 g/mol. The van der Waals surface area contributed by atoms with Gasteiger partial charge in [0, 0.05) is 6.42 Å². The summed E-state index contributed by atoms with van der Waals surface area (Å²) in [4.78, 5) is 10.8. The van der Waals surface area contributed by atoms with Gasteiger partial charge in [0.1, 0.15) is 5.78 Å². The highest BCUT2D eigenvalue weighted by molar-refractivity contribution is 5.75. The van der Waals surface area contributed by atoms with E-state index in [4.69, 9.17) is 0 Å². The van der Waals surface area contributed by atoms with E-state index in [2.05, 4.69) is 42.5 Å². The van der Waals surface area contributed by atoms with Crippen LogP contribution < -0.4 is 0 Å². The third kappa shape index (κ3) is 16.9. The Morgan fingerprint density at radius 3 is 1.92 bits per heavy atom. The first kappa shape index (κ1) is 24.0. The van der Waals surface area contributed by atoms with Crippen LogP contribution in [0.5, 0.6) is 0 Å². The highest BCUT2D eigenvalue weighted by Crippen LogP contribution is 2.00. The van der Waals surface area contributed by atoms with Crippen molar-refractivity contribution in [2.75, 3.05) is 0 Å². The van der Waals surface area contributed by atoms with Crippen LogP contribution in [0.25, 0.3) is 0 Å². The van der Waals surface area contributed by atoms with Crippen molar-refractivity contribution in [1.29, 1.82) is 0 Å². The summed E-state index contributed by atoms with van der Waals surface area (Å²) < 4.78 is 0. The van der Waals surface area contributed by atoms with E-state index >= 15 is 0 Å². The van der Waals surface area contributed by atoms with E-state index in [1.165, 1.54) is 0 Å². The van der Waals surface area contributed by atoms with Gasteiger partial charge in [-0.15, -0.1) is 0 Å². The summed E-state index contributed by atoms with van der Waals surface area (Å²) in [6.07, 6.45) is 26.9. The lowest BCUT2D eigenvalue weighted by Gasteiger charge is -2.10. The predicted octanol–water partition coefficient (Wildman–Crippen LogP) is 4.99. The Labute approximate surface area is 158 Å². The van der Waals surface area contributed by atoms with Gasteiger partial charge in [0.05, 0.1) is 12.2 Å². The van der Waals surface area contributed by atoms with Crippen molar-refractivity contribution in [2.45, 2.75) is 64.6 Å². The molecule has 0 aliphatic rings. The van der Waals surface area contributed by atoms with E-state index in [0.29, 0.717) is 12.8 Å². The second kappa shape index (κ2) is 17.8. The summed E-state index contributed by atoms with van der Waals surface area (Å²) in [6, 6.07) is 0. The fourth-order valence-electron chi connectivity index (χ4n) is 1.95. The minimum Gasteiger partial charge on any atom is -0.390 e. The van der Waals surface area contributed by atoms with Crippen molar-refractivity contribution in [1.82, 2.24) is 0 Å². The van der Waals surface area contributed by atoms with Crippen LogP contribution in [0.15, 0.2) is 72.9 Å². The summed E-state index contributed by atoms with van der Waals surface area (Å²) in [5, 5.41) is 18.9. The van der Waals surface area contributed by atoms with Crippen LogP contribution in [0.1, 0.15) is 52.4 Å². The smallest absolute Gasteiger partial charge is 0.130 e. The van der Waals surface area contributed by atoms with E-state index in [1.807, 2.05) is 25.2 Å². The Hall–Kier alpha value is -1.97. The average Bonchev–Trinajstić information content (AvgIpc) is 2.63. The van der Waals surface area contributed by atoms with Crippen molar-refractivity contribution >= 4 is 5.78 Å². The third-order valence-corrected chi connectivity index (χ3v) is 3.57. The van der Waals surface area contributed by atoms with E-state index in [0.717, 1.165) is 25.7 Å². The number of hydrogen-bond acceptors (Lipinski definition) is 3. The molecule has 0 fully saturated rings. The molecular formula is C23H34O3. The lowest BCUT2D eigenvalue weighted by atomic mass is 10.1. The van der Waals surface area contributed by atoms with Gasteiger partial charge in [0.25, 0.3) is 0 Å². The van der Waals surface area contributed by atoms with E-state index in [1.54, 1.807) is 19.1 Å². The fourth-order valence-corrected chi connectivity index (χ4v) is 1.95. The molecule has 2 atom stereocenters. The zero-order chi connectivity index (χ0) is 19.5. The maximum Gasteiger partial charge on any atom is 0.130 e. The monoisotopic (exact) mass is 358 g/mol. The predicted molar refractivity (Wildman–Crippen MR) is 111 cm³/mol. The number of allylic oxidation sites excluding steroid dienone is 11. The van der Waals surface area contributed by atoms with E-state index in [-0.39, 0.29) is 5.78 Å². The van der Waals surface area contributed by atoms with Crippen molar-refractivity contribution in [3.05, 3.63) is 72.9 Å². The lowest BCUT2D eigenvalue weighted by Crippen LogP contribution is -2.22. The minimum atomic E-state index is -0.805. The Morgan fingerprint density at radius 1 is 0.808 bits per heavy atom. The first-order valence-corrected chi connectivity index (χ1v) is 9.38. The molecule has 0 aromatic rings. The molecule has 0 spiro atoms. The topological polar surface area (TPSA) is 57.5 Å². The van der Waals surface area contributed by atoms with Crippen LogP contribution in [0.4, 0.5) is 0 Å². The third-order valence-electron chi connectivity index (χ3n) is 3.57. The maximum atomic E-state index is 10.8. The number of ketones is 1. The summed E-state index contributed by atoms with van der Waals surface area (Å²) in [5.74, 6) is 0.238. The molecule has 144 valence electrons. The average molecular weight is 359 g/mol. The number of rotatable bonds is 14. The Bertz CT molecular complexity index is 522. The molecule has 0 saturated heterocycles. The molecule has 0 amide bonds. The molecule has 0 heterocycles. The lowest BCUT2D eigenvalue weighted by molar-refractivity contribution is -0.116. The minimum absolute atomic E-state index is 0.238. The molecule has 0 rings (SSSR count). The van der Waals surface area contributed by atoms with Gasteiger partial charge in [0.2, 0.25) is 0 Å². The van der Waals surface area contributed by atoms with Gasteiger partial charge < -0.3 is 15.0 Å². The van der Waals surface area contributed by atoms with Crippen molar-refractivity contribution in [3.63, 3.8) is 0 Å². The van der Waals surface area contributed by atoms with Crippen LogP contribution >= 0.6 is 0 Å². The van der Waals surface area contributed by atoms with Gasteiger partial charge >= 0.3 is 0 Å². The highest BCUT2D eigenvalue weighted by atomic mass is 16.3. The van der Waals surface area contributed by atoms with Crippen LogP contribution in [0, 0.1) is 0 Å².